The van der Waals surface area contributed by atoms with Crippen molar-refractivity contribution in [2.45, 2.75) is 51.2 Å². The number of aromatic nitrogens is 1. The van der Waals surface area contributed by atoms with Gasteiger partial charge in [0.05, 0.1) is 6.04 Å². The topological polar surface area (TPSA) is 11.4 Å². The van der Waals surface area contributed by atoms with Crippen LogP contribution < -0.4 is 0 Å². The Hall–Kier alpha value is -2.52. The predicted molar refractivity (Wildman–Crippen MR) is 127 cm³/mol. The SMILES string of the molecule is C1=C(c2ccc3c(c2)c2c4n3CCN(Cc3ccccc3)[C@H]4CCC2)C2CCN1CC2. The number of fused-ring (bicyclic) bond motifs is 5. The van der Waals surface area contributed by atoms with Gasteiger partial charge < -0.3 is 9.47 Å². The van der Waals surface area contributed by atoms with Crippen LogP contribution in [0.1, 0.15) is 54.1 Å². The number of piperidine rings is 1. The molecular formula is C28H31N3. The summed E-state index contributed by atoms with van der Waals surface area (Å²) >= 11 is 0. The summed E-state index contributed by atoms with van der Waals surface area (Å²) in [4.78, 5) is 5.27. The van der Waals surface area contributed by atoms with Crippen LogP contribution in [0, 0.1) is 5.92 Å². The van der Waals surface area contributed by atoms with Gasteiger partial charge in [-0.1, -0.05) is 36.4 Å². The van der Waals surface area contributed by atoms with E-state index < -0.39 is 0 Å². The molecule has 31 heavy (non-hydrogen) atoms. The van der Waals surface area contributed by atoms with Crippen molar-refractivity contribution in [1.29, 1.82) is 0 Å². The van der Waals surface area contributed by atoms with Gasteiger partial charge in [0.1, 0.15) is 0 Å². The quantitative estimate of drug-likeness (QED) is 0.558. The molecule has 1 fully saturated rings. The van der Waals surface area contributed by atoms with Crippen LogP contribution in [0.4, 0.5) is 0 Å². The molecule has 0 N–H and O–H groups in total. The molecule has 0 spiro atoms. The van der Waals surface area contributed by atoms with Crippen molar-refractivity contribution >= 4 is 16.5 Å². The molecule has 3 nitrogen and oxygen atoms in total. The van der Waals surface area contributed by atoms with E-state index in [1.54, 1.807) is 16.8 Å². The second-order valence-electron chi connectivity index (χ2n) is 10.0. The Kier molecular flexibility index (Phi) is 4.08. The van der Waals surface area contributed by atoms with E-state index in [-0.39, 0.29) is 0 Å². The minimum atomic E-state index is 0.574. The lowest BCUT2D eigenvalue weighted by molar-refractivity contribution is 0.133. The molecule has 3 heteroatoms. The standard InChI is InChI=1S/C28H31N3/c1-2-5-20(6-3-1)18-30-15-16-31-26-10-9-22(25-19-29-13-11-21(25)12-14-29)17-24(26)23-7-4-8-27(30)28(23)31/h1-3,5-6,9-10,17,19,21,27H,4,7-8,11-16,18H2/t27-/m0/s1. The molecule has 5 aliphatic rings. The minimum Gasteiger partial charge on any atom is -0.377 e. The summed E-state index contributed by atoms with van der Waals surface area (Å²) in [6, 6.07) is 19.0. The summed E-state index contributed by atoms with van der Waals surface area (Å²) in [7, 11) is 0. The highest BCUT2D eigenvalue weighted by Crippen LogP contribution is 2.45. The molecule has 0 amide bonds. The van der Waals surface area contributed by atoms with Crippen LogP contribution in [0.2, 0.25) is 0 Å². The van der Waals surface area contributed by atoms with Gasteiger partial charge in [0, 0.05) is 55.5 Å². The molecule has 0 unspecified atom stereocenters. The molecule has 1 aliphatic carbocycles. The smallest absolute Gasteiger partial charge is 0.0508 e. The minimum absolute atomic E-state index is 0.574. The molecule has 1 aromatic heterocycles. The number of hydrogen-bond acceptors (Lipinski definition) is 2. The Morgan fingerprint density at radius 3 is 2.55 bits per heavy atom. The average molecular weight is 410 g/mol. The van der Waals surface area contributed by atoms with Crippen LogP contribution in [-0.2, 0) is 19.5 Å². The molecule has 1 atom stereocenters. The molecule has 3 aromatic rings. The first-order valence-corrected chi connectivity index (χ1v) is 12.2. The van der Waals surface area contributed by atoms with Crippen LogP contribution in [0.5, 0.6) is 0 Å². The second kappa shape index (κ2) is 7.00. The number of allylic oxidation sites excluding steroid dienone is 1. The highest BCUT2D eigenvalue weighted by atomic mass is 15.2. The van der Waals surface area contributed by atoms with E-state index in [0.717, 1.165) is 25.6 Å². The Balaban J connectivity index is 1.30. The first kappa shape index (κ1) is 18.1. The van der Waals surface area contributed by atoms with Crippen molar-refractivity contribution in [2.24, 2.45) is 5.92 Å². The highest BCUT2D eigenvalue weighted by Gasteiger charge is 2.35. The van der Waals surface area contributed by atoms with Crippen molar-refractivity contribution in [3.63, 3.8) is 0 Å². The Labute approximate surface area is 185 Å². The Morgan fingerprint density at radius 2 is 1.74 bits per heavy atom. The monoisotopic (exact) mass is 409 g/mol. The average Bonchev–Trinajstić information content (AvgIpc) is 3.17. The lowest BCUT2D eigenvalue weighted by atomic mass is 9.81. The zero-order chi connectivity index (χ0) is 20.4. The van der Waals surface area contributed by atoms with Crippen LogP contribution in [0.25, 0.3) is 16.5 Å². The lowest BCUT2D eigenvalue weighted by Gasteiger charge is -2.40. The summed E-state index contributed by atoms with van der Waals surface area (Å²) in [5, 5.41) is 1.54. The van der Waals surface area contributed by atoms with Crippen LogP contribution >= 0.6 is 0 Å². The van der Waals surface area contributed by atoms with Gasteiger partial charge in [-0.05, 0) is 72.4 Å². The van der Waals surface area contributed by atoms with Gasteiger partial charge in [-0.2, -0.15) is 0 Å². The molecule has 0 radical (unpaired) electrons. The van der Waals surface area contributed by atoms with E-state index in [2.05, 4.69) is 69.1 Å². The van der Waals surface area contributed by atoms with Gasteiger partial charge in [0.25, 0.3) is 0 Å². The van der Waals surface area contributed by atoms with Crippen LogP contribution in [0.3, 0.4) is 0 Å². The third kappa shape index (κ3) is 2.82. The number of nitrogens with zero attached hydrogens (tertiary/aromatic N) is 3. The molecule has 2 aromatic carbocycles. The van der Waals surface area contributed by atoms with Crippen molar-refractivity contribution in [3.05, 3.63) is 77.1 Å². The van der Waals surface area contributed by atoms with Crippen molar-refractivity contribution in [1.82, 2.24) is 14.4 Å². The number of hydrogen-bond donors (Lipinski definition) is 0. The highest BCUT2D eigenvalue weighted by molar-refractivity contribution is 5.90. The third-order valence-corrected chi connectivity index (χ3v) is 8.34. The molecule has 158 valence electrons. The summed E-state index contributed by atoms with van der Waals surface area (Å²) < 4.78 is 2.67. The van der Waals surface area contributed by atoms with Crippen molar-refractivity contribution in [2.75, 3.05) is 19.6 Å². The van der Waals surface area contributed by atoms with Gasteiger partial charge in [-0.15, -0.1) is 0 Å². The fraction of sp³-hybridized carbons (Fsp3) is 0.429. The van der Waals surface area contributed by atoms with Crippen molar-refractivity contribution < 1.29 is 0 Å². The van der Waals surface area contributed by atoms with Gasteiger partial charge in [0.15, 0.2) is 0 Å². The van der Waals surface area contributed by atoms with E-state index in [1.165, 1.54) is 67.2 Å². The zero-order valence-electron chi connectivity index (χ0n) is 18.3. The largest absolute Gasteiger partial charge is 0.377 e. The first-order chi connectivity index (χ1) is 15.3. The number of rotatable bonds is 3. The maximum absolute atomic E-state index is 2.74. The maximum Gasteiger partial charge on any atom is 0.0508 e. The Morgan fingerprint density at radius 1 is 0.871 bits per heavy atom. The van der Waals surface area contributed by atoms with E-state index >= 15 is 0 Å². The summed E-state index contributed by atoms with van der Waals surface area (Å²) in [5.41, 5.74) is 9.26. The zero-order valence-corrected chi connectivity index (χ0v) is 18.3. The van der Waals surface area contributed by atoms with E-state index in [4.69, 9.17) is 0 Å². The van der Waals surface area contributed by atoms with Crippen molar-refractivity contribution in [3.8, 4) is 0 Å². The molecule has 5 heterocycles. The molecule has 8 rings (SSSR count). The third-order valence-electron chi connectivity index (χ3n) is 8.34. The van der Waals surface area contributed by atoms with Gasteiger partial charge in [-0.3, -0.25) is 4.90 Å². The van der Waals surface area contributed by atoms with Gasteiger partial charge in [-0.25, -0.2) is 0 Å². The Bertz CT molecular complexity index is 1160. The normalized spacial score (nSPS) is 23.3. The first-order valence-electron chi connectivity index (χ1n) is 12.2. The fourth-order valence-electron chi connectivity index (χ4n) is 6.82. The number of aryl methyl sites for hydroxylation is 1. The van der Waals surface area contributed by atoms with Crippen LogP contribution in [0.15, 0.2) is 54.7 Å². The van der Waals surface area contributed by atoms with Gasteiger partial charge in [0.2, 0.25) is 0 Å². The molecule has 1 saturated heterocycles. The molecule has 4 aliphatic heterocycles. The molecular weight excluding hydrogens is 378 g/mol. The summed E-state index contributed by atoms with van der Waals surface area (Å²) in [5.74, 6) is 0.769. The van der Waals surface area contributed by atoms with Gasteiger partial charge >= 0.3 is 0 Å². The predicted octanol–water partition coefficient (Wildman–Crippen LogP) is 5.60. The molecule has 2 bridgehead atoms. The number of benzene rings is 2. The van der Waals surface area contributed by atoms with Crippen LogP contribution in [-0.4, -0.2) is 34.0 Å². The summed E-state index contributed by atoms with van der Waals surface area (Å²) in [6.07, 6.45) is 8.98. The maximum atomic E-state index is 2.74. The summed E-state index contributed by atoms with van der Waals surface area (Å²) in [6.45, 7) is 5.84. The second-order valence-corrected chi connectivity index (χ2v) is 10.0. The van der Waals surface area contributed by atoms with E-state index in [1.807, 2.05) is 0 Å². The lowest BCUT2D eigenvalue weighted by Crippen LogP contribution is -2.39. The molecule has 0 saturated carbocycles. The fourth-order valence-corrected chi connectivity index (χ4v) is 6.82. The van der Waals surface area contributed by atoms with E-state index in [9.17, 15) is 0 Å². The van der Waals surface area contributed by atoms with E-state index in [0.29, 0.717) is 6.04 Å².